The molecule has 0 bridgehead atoms. The molecular weight excluding hydrogens is 243 g/mol. The predicted molar refractivity (Wildman–Crippen MR) is 73.2 cm³/mol. The van der Waals surface area contributed by atoms with Gasteiger partial charge in [-0.1, -0.05) is 12.1 Å². The van der Waals surface area contributed by atoms with Gasteiger partial charge in [0.1, 0.15) is 17.9 Å². The summed E-state index contributed by atoms with van der Waals surface area (Å²) in [5, 5.41) is 0. The summed E-state index contributed by atoms with van der Waals surface area (Å²) in [6.07, 6.45) is 0.638. The Hall–Kier alpha value is -2.16. The highest BCUT2D eigenvalue weighted by Crippen LogP contribution is 2.31. The van der Waals surface area contributed by atoms with Gasteiger partial charge >= 0.3 is 0 Å². The Morgan fingerprint density at radius 3 is 2.37 bits per heavy atom. The Bertz CT molecular complexity index is 633. The van der Waals surface area contributed by atoms with Gasteiger partial charge < -0.3 is 4.74 Å². The molecule has 2 aromatic rings. The summed E-state index contributed by atoms with van der Waals surface area (Å²) in [5.74, 6) is 0.392. The quantitative estimate of drug-likeness (QED) is 0.780. The van der Waals surface area contributed by atoms with E-state index in [9.17, 15) is 9.18 Å². The zero-order chi connectivity index (χ0) is 14.0. The third-order valence-corrected chi connectivity index (χ3v) is 3.16. The van der Waals surface area contributed by atoms with E-state index in [2.05, 4.69) is 0 Å². The lowest BCUT2D eigenvalue weighted by Gasteiger charge is -2.12. The number of carbonyl (C=O) groups excluding carboxylic acids is 1. The molecule has 0 heterocycles. The Morgan fingerprint density at radius 1 is 1.05 bits per heavy atom. The van der Waals surface area contributed by atoms with Crippen LogP contribution in [-0.4, -0.2) is 13.4 Å². The molecule has 0 unspecified atom stereocenters. The highest BCUT2D eigenvalue weighted by Gasteiger charge is 2.11. The average Bonchev–Trinajstić information content (AvgIpc) is 2.41. The molecule has 0 N–H and O–H groups in total. The van der Waals surface area contributed by atoms with Crippen molar-refractivity contribution in [3.63, 3.8) is 0 Å². The molecule has 0 saturated carbocycles. The highest BCUT2D eigenvalue weighted by molar-refractivity contribution is 5.78. The maximum atomic E-state index is 14.0. The molecule has 0 aromatic heterocycles. The van der Waals surface area contributed by atoms with Gasteiger partial charge in [0.25, 0.3) is 0 Å². The van der Waals surface area contributed by atoms with Crippen LogP contribution in [0.5, 0.6) is 5.75 Å². The van der Waals surface area contributed by atoms with Crippen LogP contribution in [0, 0.1) is 19.7 Å². The number of aldehydes is 1. The SMILES string of the molecule is COc1cc(C)c(-c2ccc(C=O)cc2F)cc1C. The zero-order valence-electron chi connectivity index (χ0n) is 11.2. The van der Waals surface area contributed by atoms with E-state index >= 15 is 0 Å². The number of hydrogen-bond acceptors (Lipinski definition) is 2. The molecule has 3 heteroatoms. The Kier molecular flexibility index (Phi) is 3.65. The van der Waals surface area contributed by atoms with E-state index in [1.165, 1.54) is 6.07 Å². The summed E-state index contributed by atoms with van der Waals surface area (Å²) in [6.45, 7) is 3.82. The zero-order valence-corrected chi connectivity index (χ0v) is 11.2. The van der Waals surface area contributed by atoms with Crippen molar-refractivity contribution in [3.8, 4) is 16.9 Å². The van der Waals surface area contributed by atoms with Crippen LogP contribution < -0.4 is 4.74 Å². The Labute approximate surface area is 111 Å². The van der Waals surface area contributed by atoms with Gasteiger partial charge in [-0.2, -0.15) is 0 Å². The number of benzene rings is 2. The third-order valence-electron chi connectivity index (χ3n) is 3.16. The minimum absolute atomic E-state index is 0.337. The largest absolute Gasteiger partial charge is 0.496 e. The van der Waals surface area contributed by atoms with Crippen molar-refractivity contribution >= 4 is 6.29 Å². The van der Waals surface area contributed by atoms with E-state index in [4.69, 9.17) is 4.74 Å². The number of ether oxygens (including phenoxy) is 1. The molecule has 19 heavy (non-hydrogen) atoms. The number of rotatable bonds is 3. The summed E-state index contributed by atoms with van der Waals surface area (Å²) >= 11 is 0. The van der Waals surface area contributed by atoms with E-state index in [0.717, 1.165) is 22.4 Å². The fourth-order valence-electron chi connectivity index (χ4n) is 2.12. The van der Waals surface area contributed by atoms with Crippen LogP contribution in [0.15, 0.2) is 30.3 Å². The smallest absolute Gasteiger partial charge is 0.150 e. The third kappa shape index (κ3) is 2.50. The van der Waals surface area contributed by atoms with Crippen LogP contribution in [0.25, 0.3) is 11.1 Å². The van der Waals surface area contributed by atoms with Crippen LogP contribution in [-0.2, 0) is 0 Å². The molecule has 0 atom stereocenters. The van der Waals surface area contributed by atoms with Crippen molar-refractivity contribution < 1.29 is 13.9 Å². The molecule has 0 fully saturated rings. The first-order chi connectivity index (χ1) is 9.06. The van der Waals surface area contributed by atoms with Crippen molar-refractivity contribution in [1.82, 2.24) is 0 Å². The van der Waals surface area contributed by atoms with Crippen LogP contribution in [0.3, 0.4) is 0 Å². The maximum absolute atomic E-state index is 14.0. The second-order valence-corrected chi connectivity index (χ2v) is 4.49. The standard InChI is InChI=1S/C16H15FO2/c1-10-7-16(19-3)11(2)6-14(10)13-5-4-12(9-18)8-15(13)17/h4-9H,1-3H3. The summed E-state index contributed by atoms with van der Waals surface area (Å²) in [6, 6.07) is 8.28. The summed E-state index contributed by atoms with van der Waals surface area (Å²) in [4.78, 5) is 10.6. The van der Waals surface area contributed by atoms with Crippen molar-refractivity contribution in [1.29, 1.82) is 0 Å². The molecule has 0 saturated heterocycles. The topological polar surface area (TPSA) is 26.3 Å². The molecular formula is C16H15FO2. The fourth-order valence-corrected chi connectivity index (χ4v) is 2.12. The lowest BCUT2D eigenvalue weighted by Crippen LogP contribution is -1.94. The van der Waals surface area contributed by atoms with E-state index in [0.29, 0.717) is 17.4 Å². The van der Waals surface area contributed by atoms with Gasteiger partial charge in [-0.05, 0) is 48.7 Å². The fraction of sp³-hybridized carbons (Fsp3) is 0.188. The van der Waals surface area contributed by atoms with Crippen LogP contribution in [0.4, 0.5) is 4.39 Å². The van der Waals surface area contributed by atoms with Crippen molar-refractivity contribution in [2.24, 2.45) is 0 Å². The lowest BCUT2D eigenvalue weighted by atomic mass is 9.96. The van der Waals surface area contributed by atoms with Crippen LogP contribution >= 0.6 is 0 Å². The van der Waals surface area contributed by atoms with Crippen molar-refractivity contribution in [2.45, 2.75) is 13.8 Å². The molecule has 2 nitrogen and oxygen atoms in total. The number of aryl methyl sites for hydroxylation is 2. The van der Waals surface area contributed by atoms with E-state index in [1.807, 2.05) is 26.0 Å². The van der Waals surface area contributed by atoms with Gasteiger partial charge in [-0.25, -0.2) is 4.39 Å². The normalized spacial score (nSPS) is 10.3. The molecule has 2 rings (SSSR count). The number of carbonyl (C=O) groups is 1. The maximum Gasteiger partial charge on any atom is 0.150 e. The first-order valence-electron chi connectivity index (χ1n) is 5.97. The van der Waals surface area contributed by atoms with Gasteiger partial charge in [0, 0.05) is 11.1 Å². The average molecular weight is 258 g/mol. The van der Waals surface area contributed by atoms with Gasteiger partial charge in [0.05, 0.1) is 7.11 Å². The molecule has 0 amide bonds. The van der Waals surface area contributed by atoms with E-state index in [1.54, 1.807) is 19.2 Å². The number of hydrogen-bond donors (Lipinski definition) is 0. The highest BCUT2D eigenvalue weighted by atomic mass is 19.1. The minimum atomic E-state index is -0.391. The summed E-state index contributed by atoms with van der Waals surface area (Å²) < 4.78 is 19.3. The lowest BCUT2D eigenvalue weighted by molar-refractivity contribution is 0.112. The van der Waals surface area contributed by atoms with Crippen LogP contribution in [0.2, 0.25) is 0 Å². The predicted octanol–water partition coefficient (Wildman–Crippen LogP) is 3.93. The van der Waals surface area contributed by atoms with Crippen molar-refractivity contribution in [3.05, 3.63) is 52.8 Å². The molecule has 98 valence electrons. The second-order valence-electron chi connectivity index (χ2n) is 4.49. The molecule has 0 aliphatic carbocycles. The van der Waals surface area contributed by atoms with Gasteiger partial charge in [0.2, 0.25) is 0 Å². The van der Waals surface area contributed by atoms with E-state index in [-0.39, 0.29) is 0 Å². The van der Waals surface area contributed by atoms with Crippen LogP contribution in [0.1, 0.15) is 21.5 Å². The van der Waals surface area contributed by atoms with Crippen molar-refractivity contribution in [2.75, 3.05) is 7.11 Å². The molecule has 0 radical (unpaired) electrons. The van der Waals surface area contributed by atoms with Gasteiger partial charge in [-0.3, -0.25) is 4.79 Å². The first-order valence-corrected chi connectivity index (χ1v) is 5.97. The Balaban J connectivity index is 2.59. The summed E-state index contributed by atoms with van der Waals surface area (Å²) in [5.41, 5.74) is 3.52. The van der Waals surface area contributed by atoms with Gasteiger partial charge in [0.15, 0.2) is 0 Å². The summed E-state index contributed by atoms with van der Waals surface area (Å²) in [7, 11) is 1.61. The second kappa shape index (κ2) is 5.22. The number of methoxy groups -OCH3 is 1. The Morgan fingerprint density at radius 2 is 1.79 bits per heavy atom. The number of halogens is 1. The van der Waals surface area contributed by atoms with Gasteiger partial charge in [-0.15, -0.1) is 0 Å². The molecule has 0 aliphatic heterocycles. The molecule has 0 spiro atoms. The molecule has 2 aromatic carbocycles. The minimum Gasteiger partial charge on any atom is -0.496 e. The first kappa shape index (κ1) is 13.3. The molecule has 0 aliphatic rings. The monoisotopic (exact) mass is 258 g/mol. The van der Waals surface area contributed by atoms with E-state index < -0.39 is 5.82 Å².